The van der Waals surface area contributed by atoms with Crippen LogP contribution in [0.25, 0.3) is 11.0 Å². The second-order valence-corrected chi connectivity index (χ2v) is 8.05. The van der Waals surface area contributed by atoms with Crippen molar-refractivity contribution < 1.29 is 4.79 Å². The molecule has 0 aliphatic heterocycles. The van der Waals surface area contributed by atoms with Crippen molar-refractivity contribution >= 4 is 22.6 Å². The lowest BCUT2D eigenvalue weighted by Gasteiger charge is -2.37. The van der Waals surface area contributed by atoms with E-state index in [2.05, 4.69) is 30.9 Å². The number of aromatic amines is 1. The third-order valence-corrected chi connectivity index (χ3v) is 5.84. The first-order chi connectivity index (χ1) is 15.0. The predicted molar refractivity (Wildman–Crippen MR) is 121 cm³/mol. The maximum atomic E-state index is 12.0. The number of amides is 1. The average Bonchev–Trinajstić information content (AvgIpc) is 2.74. The molecule has 0 bridgehead atoms. The zero-order chi connectivity index (χ0) is 22.0. The number of carbonyl (C=O) groups is 1. The molecule has 0 spiro atoms. The summed E-state index contributed by atoms with van der Waals surface area (Å²) in [5.74, 6) is -0.180. The molecule has 0 aromatic carbocycles. The number of hydrogen-bond donors (Lipinski definition) is 4. The van der Waals surface area contributed by atoms with Gasteiger partial charge in [-0.05, 0) is 56.0 Å². The molecule has 1 aliphatic carbocycles. The number of nitrogens with one attached hydrogen (secondary N) is 4. The summed E-state index contributed by atoms with van der Waals surface area (Å²) in [5, 5.41) is 9.66. The van der Waals surface area contributed by atoms with Gasteiger partial charge in [-0.15, -0.1) is 0 Å². The monoisotopic (exact) mass is 420 g/mol. The SMILES string of the molecule is CCc1cc2ncc(CNC3CC(Nc4ccc(C(=O)NC)nc4C)C3)cc2[nH]c1=O. The van der Waals surface area contributed by atoms with Gasteiger partial charge in [0.2, 0.25) is 0 Å². The molecule has 3 aromatic heterocycles. The van der Waals surface area contributed by atoms with Gasteiger partial charge in [0, 0.05) is 37.4 Å². The van der Waals surface area contributed by atoms with Gasteiger partial charge in [-0.1, -0.05) is 6.92 Å². The number of carbonyl (C=O) groups excluding carboxylic acids is 1. The smallest absolute Gasteiger partial charge is 0.269 e. The minimum Gasteiger partial charge on any atom is -0.381 e. The van der Waals surface area contributed by atoms with Crippen molar-refractivity contribution in [1.82, 2.24) is 25.6 Å². The molecule has 162 valence electrons. The Labute approximate surface area is 180 Å². The summed E-state index contributed by atoms with van der Waals surface area (Å²) < 4.78 is 0. The van der Waals surface area contributed by atoms with Gasteiger partial charge in [0.15, 0.2) is 0 Å². The van der Waals surface area contributed by atoms with E-state index in [-0.39, 0.29) is 11.5 Å². The Morgan fingerprint density at radius 1 is 1.23 bits per heavy atom. The first-order valence-corrected chi connectivity index (χ1v) is 10.7. The maximum Gasteiger partial charge on any atom is 0.269 e. The molecule has 8 heteroatoms. The molecule has 0 unspecified atom stereocenters. The number of nitrogens with zero attached hydrogens (tertiary/aromatic N) is 2. The van der Waals surface area contributed by atoms with Crippen molar-refractivity contribution in [2.75, 3.05) is 12.4 Å². The van der Waals surface area contributed by atoms with E-state index in [1.54, 1.807) is 13.1 Å². The Balaban J connectivity index is 1.29. The largest absolute Gasteiger partial charge is 0.381 e. The van der Waals surface area contributed by atoms with E-state index in [1.807, 2.05) is 38.2 Å². The number of pyridine rings is 3. The van der Waals surface area contributed by atoms with E-state index < -0.39 is 0 Å². The van der Waals surface area contributed by atoms with Crippen molar-refractivity contribution in [3.63, 3.8) is 0 Å². The highest BCUT2D eigenvalue weighted by Gasteiger charge is 2.29. The van der Waals surface area contributed by atoms with Crippen molar-refractivity contribution in [2.24, 2.45) is 0 Å². The van der Waals surface area contributed by atoms with Gasteiger partial charge in [0.1, 0.15) is 5.69 Å². The van der Waals surface area contributed by atoms with Crippen LogP contribution in [0.15, 0.2) is 35.3 Å². The van der Waals surface area contributed by atoms with Crippen LogP contribution < -0.4 is 21.5 Å². The van der Waals surface area contributed by atoms with E-state index >= 15 is 0 Å². The molecule has 1 saturated carbocycles. The lowest BCUT2D eigenvalue weighted by Crippen LogP contribution is -2.47. The number of anilines is 1. The van der Waals surface area contributed by atoms with E-state index in [0.29, 0.717) is 30.7 Å². The average molecular weight is 421 g/mol. The summed E-state index contributed by atoms with van der Waals surface area (Å²) in [7, 11) is 1.60. The Morgan fingerprint density at radius 3 is 2.74 bits per heavy atom. The Morgan fingerprint density at radius 2 is 2.03 bits per heavy atom. The van der Waals surface area contributed by atoms with Crippen LogP contribution >= 0.6 is 0 Å². The van der Waals surface area contributed by atoms with E-state index in [1.165, 1.54) is 0 Å². The normalized spacial score (nSPS) is 17.9. The van der Waals surface area contributed by atoms with Gasteiger partial charge in [0.05, 0.1) is 22.4 Å². The number of aryl methyl sites for hydroxylation is 2. The van der Waals surface area contributed by atoms with Crippen molar-refractivity contribution in [2.45, 2.75) is 51.7 Å². The molecule has 3 aromatic rings. The first-order valence-electron chi connectivity index (χ1n) is 10.7. The second kappa shape index (κ2) is 8.85. The van der Waals surface area contributed by atoms with Crippen molar-refractivity contribution in [3.05, 3.63) is 63.3 Å². The van der Waals surface area contributed by atoms with E-state index in [9.17, 15) is 9.59 Å². The van der Waals surface area contributed by atoms with Crippen LogP contribution in [0.2, 0.25) is 0 Å². The summed E-state index contributed by atoms with van der Waals surface area (Å²) in [4.78, 5) is 35.5. The molecule has 0 radical (unpaired) electrons. The van der Waals surface area contributed by atoms with Crippen LogP contribution in [-0.2, 0) is 13.0 Å². The third kappa shape index (κ3) is 4.59. The van der Waals surface area contributed by atoms with Crippen molar-refractivity contribution in [1.29, 1.82) is 0 Å². The van der Waals surface area contributed by atoms with Gasteiger partial charge < -0.3 is 20.9 Å². The Hall–Kier alpha value is -3.26. The minimum atomic E-state index is -0.180. The fourth-order valence-corrected chi connectivity index (χ4v) is 3.88. The number of aromatic nitrogens is 3. The Bertz CT molecular complexity index is 1170. The molecule has 8 nitrogen and oxygen atoms in total. The summed E-state index contributed by atoms with van der Waals surface area (Å²) in [6, 6.07) is 8.32. The Kier molecular flexibility index (Phi) is 5.99. The second-order valence-electron chi connectivity index (χ2n) is 8.05. The molecule has 1 fully saturated rings. The number of hydrogen-bond acceptors (Lipinski definition) is 6. The van der Waals surface area contributed by atoms with Crippen LogP contribution in [0.1, 0.15) is 47.1 Å². The first kappa shape index (κ1) is 21.0. The fraction of sp³-hybridized carbons (Fsp3) is 0.391. The van der Waals surface area contributed by atoms with Gasteiger partial charge in [-0.25, -0.2) is 4.98 Å². The molecule has 4 N–H and O–H groups in total. The molecule has 1 amide bonds. The highest BCUT2D eigenvalue weighted by molar-refractivity contribution is 5.92. The summed E-state index contributed by atoms with van der Waals surface area (Å²) in [6.45, 7) is 4.58. The lowest BCUT2D eigenvalue weighted by atomic mass is 9.86. The van der Waals surface area contributed by atoms with Crippen LogP contribution in [0.5, 0.6) is 0 Å². The van der Waals surface area contributed by atoms with Crippen LogP contribution in [0.4, 0.5) is 5.69 Å². The van der Waals surface area contributed by atoms with E-state index in [4.69, 9.17) is 0 Å². The maximum absolute atomic E-state index is 12.0. The molecule has 0 atom stereocenters. The highest BCUT2D eigenvalue weighted by Crippen LogP contribution is 2.26. The lowest BCUT2D eigenvalue weighted by molar-refractivity contribution is 0.0958. The number of fused-ring (bicyclic) bond motifs is 1. The zero-order valence-electron chi connectivity index (χ0n) is 18.1. The van der Waals surface area contributed by atoms with Crippen molar-refractivity contribution in [3.8, 4) is 0 Å². The highest BCUT2D eigenvalue weighted by atomic mass is 16.1. The zero-order valence-corrected chi connectivity index (χ0v) is 18.1. The van der Waals surface area contributed by atoms with Gasteiger partial charge in [0.25, 0.3) is 11.5 Å². The molecule has 4 rings (SSSR count). The minimum absolute atomic E-state index is 0.0389. The van der Waals surface area contributed by atoms with Gasteiger partial charge >= 0.3 is 0 Å². The standard InChI is InChI=1S/C23H28N6O2/c1-4-15-8-20-21(29-22(15)30)7-14(12-26-20)11-25-16-9-17(10-16)28-18-5-6-19(23(31)24-3)27-13(18)2/h5-8,12,16-17,25,28H,4,9-11H2,1-3H3,(H,24,31)(H,29,30). The van der Waals surface area contributed by atoms with Crippen LogP contribution in [0, 0.1) is 6.92 Å². The number of rotatable bonds is 7. The van der Waals surface area contributed by atoms with E-state index in [0.717, 1.165) is 46.4 Å². The molecule has 31 heavy (non-hydrogen) atoms. The summed E-state index contributed by atoms with van der Waals surface area (Å²) >= 11 is 0. The molecule has 1 aliphatic rings. The molecule has 3 heterocycles. The molecular formula is C23H28N6O2. The summed E-state index contributed by atoms with van der Waals surface area (Å²) in [6.07, 6.45) is 4.58. The van der Waals surface area contributed by atoms with Crippen LogP contribution in [0.3, 0.4) is 0 Å². The number of H-pyrrole nitrogens is 1. The summed E-state index contributed by atoms with van der Waals surface area (Å²) in [5.41, 5.74) is 5.57. The quantitative estimate of drug-likeness (QED) is 0.467. The van der Waals surface area contributed by atoms with Gasteiger partial charge in [-0.2, -0.15) is 0 Å². The van der Waals surface area contributed by atoms with Gasteiger partial charge in [-0.3, -0.25) is 14.6 Å². The third-order valence-electron chi connectivity index (χ3n) is 5.84. The van der Waals surface area contributed by atoms with Crippen LogP contribution in [-0.4, -0.2) is 40.0 Å². The fourth-order valence-electron chi connectivity index (χ4n) is 3.88. The molecule has 0 saturated heterocycles. The topological polar surface area (TPSA) is 112 Å². The predicted octanol–water partition coefficient (Wildman–Crippen LogP) is 2.28. The molecular weight excluding hydrogens is 392 g/mol.